The molecule has 1 aromatic carbocycles. The van der Waals surface area contributed by atoms with Gasteiger partial charge in [-0.1, -0.05) is 0 Å². The highest BCUT2D eigenvalue weighted by molar-refractivity contribution is 9.11. The molecule has 2 unspecified atom stereocenters. The molecule has 0 saturated heterocycles. The van der Waals surface area contributed by atoms with E-state index in [4.69, 9.17) is 19.3 Å². The molecule has 0 spiro atoms. The molecule has 1 aromatic rings. The summed E-state index contributed by atoms with van der Waals surface area (Å²) in [5.74, 6) is -4.32. The zero-order valence-corrected chi connectivity index (χ0v) is 26.6. The summed E-state index contributed by atoms with van der Waals surface area (Å²) in [6.45, 7) is 1.25. The molecule has 0 aromatic heterocycles. The van der Waals surface area contributed by atoms with Gasteiger partial charge >= 0.3 is 17.9 Å². The van der Waals surface area contributed by atoms with Gasteiger partial charge in [0.1, 0.15) is 6.61 Å². The third-order valence-electron chi connectivity index (χ3n) is 4.77. The van der Waals surface area contributed by atoms with Crippen molar-refractivity contribution in [1.29, 1.82) is 0 Å². The molecule has 0 saturated carbocycles. The number of likely N-dealkylation sites (N-methyl/N-ethyl adjacent to an activating group) is 1. The maximum absolute atomic E-state index is 13.4. The average Bonchev–Trinajstić information content (AvgIpc) is 2.86. The van der Waals surface area contributed by atoms with E-state index in [0.717, 1.165) is 25.7 Å². The Bertz CT molecular complexity index is 1160. The number of carbonyl (C=O) groups is 6. The van der Waals surface area contributed by atoms with Gasteiger partial charge in [-0.3, -0.25) is 28.8 Å². The van der Waals surface area contributed by atoms with Crippen LogP contribution in [0.2, 0.25) is 0 Å². The second kappa shape index (κ2) is 16.6. The van der Waals surface area contributed by atoms with Gasteiger partial charge in [0.2, 0.25) is 0 Å². The van der Waals surface area contributed by atoms with E-state index in [-0.39, 0.29) is 49.9 Å². The van der Waals surface area contributed by atoms with E-state index in [1.807, 2.05) is 0 Å². The van der Waals surface area contributed by atoms with Gasteiger partial charge in [0.05, 0.1) is 45.0 Å². The van der Waals surface area contributed by atoms with Crippen molar-refractivity contribution in [2.75, 3.05) is 45.3 Å². The Labute approximate surface area is 254 Å². The fourth-order valence-corrected chi connectivity index (χ4v) is 5.91. The summed E-state index contributed by atoms with van der Waals surface area (Å²) in [4.78, 5) is 73.9. The number of hydrogen-bond acceptors (Lipinski definition) is 11. The lowest BCUT2D eigenvalue weighted by Crippen LogP contribution is -2.38. The Morgan fingerprint density at radius 3 is 2.00 bits per heavy atom. The van der Waals surface area contributed by atoms with E-state index in [1.165, 1.54) is 7.05 Å². The molecule has 3 amide bonds. The molecule has 0 radical (unpaired) electrons. The fourth-order valence-electron chi connectivity index (χ4n) is 3.03. The summed E-state index contributed by atoms with van der Waals surface area (Å²) in [5.41, 5.74) is -0.374. The third-order valence-corrected chi connectivity index (χ3v) is 7.15. The first-order valence-electron chi connectivity index (χ1n) is 11.4. The quantitative estimate of drug-likeness (QED) is 0.166. The SMILES string of the molecule is CC(=O)OCC(=O)Nc1c(Br)c(C(=O)NCC(COC(C)=O)OC(C)=O)c(Br)c(C(=O)N(C)CC(O)CO)c1Br. The van der Waals surface area contributed by atoms with Crippen molar-refractivity contribution < 1.29 is 53.2 Å². The van der Waals surface area contributed by atoms with E-state index in [1.54, 1.807) is 0 Å². The molecule has 222 valence electrons. The average molecular weight is 762 g/mol. The van der Waals surface area contributed by atoms with Crippen molar-refractivity contribution in [3.8, 4) is 0 Å². The number of aliphatic hydroxyl groups excluding tert-OH is 2. The first-order chi connectivity index (χ1) is 18.6. The largest absolute Gasteiger partial charge is 0.462 e. The molecule has 2 atom stereocenters. The number of amides is 3. The molecule has 0 aliphatic rings. The molecular formula is C23H28Br3N3O11. The predicted octanol–water partition coefficient (Wildman–Crippen LogP) is 1.13. The second-order valence-corrected chi connectivity index (χ2v) is 10.5. The van der Waals surface area contributed by atoms with Crippen LogP contribution in [0.25, 0.3) is 0 Å². The lowest BCUT2D eigenvalue weighted by atomic mass is 10.1. The number of rotatable bonds is 13. The van der Waals surface area contributed by atoms with Crippen LogP contribution >= 0.6 is 47.8 Å². The number of carbonyl (C=O) groups excluding carboxylic acids is 6. The number of halogens is 3. The minimum absolute atomic E-state index is 0.0125. The highest BCUT2D eigenvalue weighted by atomic mass is 79.9. The monoisotopic (exact) mass is 759 g/mol. The maximum Gasteiger partial charge on any atom is 0.303 e. The zero-order valence-electron chi connectivity index (χ0n) is 21.8. The number of hydrogen-bond donors (Lipinski definition) is 4. The molecule has 0 heterocycles. The summed E-state index contributed by atoms with van der Waals surface area (Å²) in [7, 11) is 1.35. The van der Waals surface area contributed by atoms with Crippen molar-refractivity contribution in [3.05, 3.63) is 24.5 Å². The Kier molecular flexibility index (Phi) is 14.7. The number of benzene rings is 1. The summed E-state index contributed by atoms with van der Waals surface area (Å²) in [5, 5.41) is 23.9. The summed E-state index contributed by atoms with van der Waals surface area (Å²) in [6, 6.07) is 0. The van der Waals surface area contributed by atoms with Crippen molar-refractivity contribution in [3.63, 3.8) is 0 Å². The Morgan fingerprint density at radius 2 is 1.48 bits per heavy atom. The van der Waals surface area contributed by atoms with Gasteiger partial charge < -0.3 is 40.0 Å². The fraction of sp³-hybridized carbons (Fsp3) is 0.478. The number of anilines is 1. The summed E-state index contributed by atoms with van der Waals surface area (Å²) >= 11 is 9.80. The van der Waals surface area contributed by atoms with Gasteiger partial charge in [-0.15, -0.1) is 0 Å². The van der Waals surface area contributed by atoms with E-state index in [2.05, 4.69) is 58.4 Å². The first-order valence-corrected chi connectivity index (χ1v) is 13.7. The smallest absolute Gasteiger partial charge is 0.303 e. The van der Waals surface area contributed by atoms with E-state index in [9.17, 15) is 33.9 Å². The van der Waals surface area contributed by atoms with Crippen LogP contribution in [0.1, 0.15) is 41.5 Å². The Morgan fingerprint density at radius 1 is 0.900 bits per heavy atom. The Balaban J connectivity index is 3.54. The number of ether oxygens (including phenoxy) is 3. The van der Waals surface area contributed by atoms with Crippen LogP contribution in [0, 0.1) is 0 Å². The standard InChI is InChI=1S/C23H28Br3N3O11/c1-10(31)38-8-14(40-12(3)33)5-27-22(36)16-18(24)17(23(37)29(4)6-13(34)7-30)20(26)21(19(16)25)28-15(35)9-39-11(2)32/h13-14,30,34H,5-9H2,1-4H3,(H,27,36)(H,28,35). The molecule has 40 heavy (non-hydrogen) atoms. The zero-order chi connectivity index (χ0) is 30.7. The van der Waals surface area contributed by atoms with Gasteiger partial charge in [-0.2, -0.15) is 0 Å². The minimum atomic E-state index is -1.25. The highest BCUT2D eigenvalue weighted by Gasteiger charge is 2.31. The topological polar surface area (TPSA) is 198 Å². The van der Waals surface area contributed by atoms with Crippen LogP contribution in [0.3, 0.4) is 0 Å². The molecule has 0 aliphatic heterocycles. The number of nitrogens with one attached hydrogen (secondary N) is 2. The van der Waals surface area contributed by atoms with Crippen LogP contribution in [0.15, 0.2) is 13.4 Å². The molecule has 14 nitrogen and oxygen atoms in total. The van der Waals surface area contributed by atoms with Crippen LogP contribution < -0.4 is 10.6 Å². The third kappa shape index (κ3) is 10.8. The van der Waals surface area contributed by atoms with Gasteiger partial charge in [0, 0.05) is 38.8 Å². The number of nitrogens with zero attached hydrogens (tertiary/aromatic N) is 1. The molecule has 0 aliphatic carbocycles. The number of esters is 3. The maximum atomic E-state index is 13.4. The van der Waals surface area contributed by atoms with Crippen LogP contribution in [-0.4, -0.2) is 103 Å². The lowest BCUT2D eigenvalue weighted by Gasteiger charge is -2.24. The van der Waals surface area contributed by atoms with E-state index in [0.29, 0.717) is 0 Å². The van der Waals surface area contributed by atoms with Gasteiger partial charge in [0.25, 0.3) is 17.7 Å². The van der Waals surface area contributed by atoms with Crippen molar-refractivity contribution in [2.24, 2.45) is 0 Å². The van der Waals surface area contributed by atoms with Crippen LogP contribution in [0.4, 0.5) is 5.69 Å². The molecule has 0 fully saturated rings. The second-order valence-electron chi connectivity index (χ2n) is 8.16. The molecule has 4 N–H and O–H groups in total. The lowest BCUT2D eigenvalue weighted by molar-refractivity contribution is -0.155. The summed E-state index contributed by atoms with van der Waals surface area (Å²) in [6.07, 6.45) is -2.28. The Hall–Kier alpha value is -2.60. The summed E-state index contributed by atoms with van der Waals surface area (Å²) < 4.78 is 14.6. The van der Waals surface area contributed by atoms with Crippen molar-refractivity contribution in [1.82, 2.24) is 10.2 Å². The van der Waals surface area contributed by atoms with Crippen molar-refractivity contribution in [2.45, 2.75) is 33.0 Å². The van der Waals surface area contributed by atoms with E-state index >= 15 is 0 Å². The van der Waals surface area contributed by atoms with Crippen LogP contribution in [0.5, 0.6) is 0 Å². The minimum Gasteiger partial charge on any atom is -0.462 e. The van der Waals surface area contributed by atoms with E-state index < -0.39 is 61.1 Å². The number of aliphatic hydroxyl groups is 2. The van der Waals surface area contributed by atoms with Gasteiger partial charge in [-0.25, -0.2) is 0 Å². The van der Waals surface area contributed by atoms with Gasteiger partial charge in [0.15, 0.2) is 12.7 Å². The van der Waals surface area contributed by atoms with Crippen LogP contribution in [-0.2, 0) is 33.4 Å². The van der Waals surface area contributed by atoms with Crippen molar-refractivity contribution >= 4 is 89.1 Å². The molecule has 1 rings (SSSR count). The molecule has 0 bridgehead atoms. The molecule has 17 heteroatoms. The normalized spacial score (nSPS) is 12.0. The first kappa shape index (κ1) is 35.4. The highest BCUT2D eigenvalue weighted by Crippen LogP contribution is 2.43. The predicted molar refractivity (Wildman–Crippen MR) is 149 cm³/mol. The molecular weight excluding hydrogens is 734 g/mol. The van der Waals surface area contributed by atoms with Gasteiger partial charge in [-0.05, 0) is 47.8 Å².